The summed E-state index contributed by atoms with van der Waals surface area (Å²) in [4.78, 5) is 23.8. The number of carbonyl (C=O) groups excluding carboxylic acids is 2. The lowest BCUT2D eigenvalue weighted by molar-refractivity contribution is -0.156. The summed E-state index contributed by atoms with van der Waals surface area (Å²) >= 11 is 0. The van der Waals surface area contributed by atoms with Gasteiger partial charge >= 0.3 is 5.97 Å². The number of para-hydroxylation sites is 1. The molecule has 5 heteroatoms. The molecule has 0 aromatic heterocycles. The number of carbonyl (C=O) groups is 2. The fourth-order valence-electron chi connectivity index (χ4n) is 2.42. The number of ether oxygens (including phenoxy) is 2. The number of amides is 1. The van der Waals surface area contributed by atoms with Gasteiger partial charge in [-0.1, -0.05) is 48.5 Å². The van der Waals surface area contributed by atoms with Gasteiger partial charge in [-0.2, -0.15) is 0 Å². The minimum atomic E-state index is -0.818. The molecular weight excluding hydrogens is 318 g/mol. The molecule has 1 amide bonds. The van der Waals surface area contributed by atoms with E-state index in [1.165, 1.54) is 0 Å². The average Bonchev–Trinajstić information content (AvgIpc) is 3.45. The van der Waals surface area contributed by atoms with Gasteiger partial charge in [-0.05, 0) is 31.4 Å². The first kappa shape index (κ1) is 17.0. The Kier molecular flexibility index (Phi) is 5.33. The summed E-state index contributed by atoms with van der Waals surface area (Å²) in [7, 11) is 0. The first-order valence-corrected chi connectivity index (χ1v) is 8.40. The molecule has 0 saturated heterocycles. The van der Waals surface area contributed by atoms with E-state index in [9.17, 15) is 9.59 Å². The summed E-state index contributed by atoms with van der Waals surface area (Å²) in [6.45, 7) is 1.32. The lowest BCUT2D eigenvalue weighted by atomic mass is 10.1. The van der Waals surface area contributed by atoms with Crippen molar-refractivity contribution in [3.63, 3.8) is 0 Å². The molecule has 0 heterocycles. The van der Waals surface area contributed by atoms with Crippen molar-refractivity contribution in [3.05, 3.63) is 54.6 Å². The summed E-state index contributed by atoms with van der Waals surface area (Å²) in [5.74, 6) is -0.234. The number of hydrogen-bond donors (Lipinski definition) is 1. The highest BCUT2D eigenvalue weighted by atomic mass is 16.6. The van der Waals surface area contributed by atoms with E-state index in [2.05, 4.69) is 5.32 Å². The van der Waals surface area contributed by atoms with Crippen LogP contribution < -0.4 is 10.1 Å². The van der Waals surface area contributed by atoms with Crippen molar-refractivity contribution in [2.75, 3.05) is 6.61 Å². The van der Waals surface area contributed by atoms with E-state index in [4.69, 9.17) is 9.47 Å². The third kappa shape index (κ3) is 4.83. The van der Waals surface area contributed by atoms with E-state index < -0.39 is 12.1 Å². The Morgan fingerprint density at radius 3 is 2.48 bits per heavy atom. The minimum absolute atomic E-state index is 0.239. The van der Waals surface area contributed by atoms with E-state index in [1.54, 1.807) is 13.0 Å². The van der Waals surface area contributed by atoms with Crippen LogP contribution in [-0.2, 0) is 14.3 Å². The van der Waals surface area contributed by atoms with Crippen molar-refractivity contribution >= 4 is 11.9 Å². The molecule has 1 N–H and O–H groups in total. The van der Waals surface area contributed by atoms with Gasteiger partial charge < -0.3 is 14.8 Å². The van der Waals surface area contributed by atoms with Crippen LogP contribution in [0.25, 0.3) is 11.1 Å². The van der Waals surface area contributed by atoms with Crippen molar-refractivity contribution < 1.29 is 19.1 Å². The van der Waals surface area contributed by atoms with Gasteiger partial charge in [-0.3, -0.25) is 4.79 Å². The molecule has 130 valence electrons. The molecule has 0 unspecified atom stereocenters. The monoisotopic (exact) mass is 339 g/mol. The van der Waals surface area contributed by atoms with Crippen molar-refractivity contribution in [1.29, 1.82) is 0 Å². The summed E-state index contributed by atoms with van der Waals surface area (Å²) in [5.41, 5.74) is 1.90. The molecule has 2 aromatic carbocycles. The van der Waals surface area contributed by atoms with Gasteiger partial charge in [-0.25, -0.2) is 4.79 Å². The number of esters is 1. The average molecular weight is 339 g/mol. The summed E-state index contributed by atoms with van der Waals surface area (Å²) in [6, 6.07) is 17.5. The molecule has 1 atom stereocenters. The molecule has 0 aliphatic heterocycles. The molecular formula is C20H21NO4. The second-order valence-electron chi connectivity index (χ2n) is 6.07. The molecule has 1 saturated carbocycles. The zero-order valence-corrected chi connectivity index (χ0v) is 14.1. The summed E-state index contributed by atoms with van der Waals surface area (Å²) in [5, 5.41) is 2.81. The smallest absolute Gasteiger partial charge is 0.344 e. The number of benzene rings is 2. The molecule has 0 bridgehead atoms. The number of hydrogen-bond acceptors (Lipinski definition) is 4. The molecule has 1 aliphatic carbocycles. The maximum absolute atomic E-state index is 12.0. The van der Waals surface area contributed by atoms with Gasteiger partial charge in [0, 0.05) is 11.6 Å². The number of nitrogens with one attached hydrogen (secondary N) is 1. The SMILES string of the molecule is C[C@H](OC(=O)COc1ccccc1-c1ccccc1)C(=O)NC1CC1. The Labute approximate surface area is 147 Å². The van der Waals surface area contributed by atoms with E-state index in [-0.39, 0.29) is 18.6 Å². The zero-order chi connectivity index (χ0) is 17.6. The van der Waals surface area contributed by atoms with Crippen LogP contribution in [-0.4, -0.2) is 30.6 Å². The van der Waals surface area contributed by atoms with Crippen molar-refractivity contribution in [1.82, 2.24) is 5.32 Å². The fourth-order valence-corrected chi connectivity index (χ4v) is 2.42. The molecule has 2 aromatic rings. The Morgan fingerprint density at radius 2 is 1.76 bits per heavy atom. The fraction of sp³-hybridized carbons (Fsp3) is 0.300. The second kappa shape index (κ2) is 7.83. The van der Waals surface area contributed by atoms with Crippen LogP contribution in [0.15, 0.2) is 54.6 Å². The van der Waals surface area contributed by atoms with E-state index in [0.29, 0.717) is 5.75 Å². The maximum Gasteiger partial charge on any atom is 0.344 e. The Hall–Kier alpha value is -2.82. The van der Waals surface area contributed by atoms with Gasteiger partial charge in [0.15, 0.2) is 12.7 Å². The molecule has 25 heavy (non-hydrogen) atoms. The maximum atomic E-state index is 12.0. The normalized spacial score (nSPS) is 14.4. The van der Waals surface area contributed by atoms with Crippen LogP contribution in [0.1, 0.15) is 19.8 Å². The van der Waals surface area contributed by atoms with Crippen LogP contribution >= 0.6 is 0 Å². The van der Waals surface area contributed by atoms with Gasteiger partial charge in [0.2, 0.25) is 0 Å². The van der Waals surface area contributed by atoms with E-state index in [1.807, 2.05) is 48.5 Å². The predicted molar refractivity (Wildman–Crippen MR) is 94.1 cm³/mol. The predicted octanol–water partition coefficient (Wildman–Crippen LogP) is 2.94. The van der Waals surface area contributed by atoms with E-state index >= 15 is 0 Å². The first-order valence-electron chi connectivity index (χ1n) is 8.40. The third-order valence-corrected chi connectivity index (χ3v) is 3.92. The third-order valence-electron chi connectivity index (χ3n) is 3.92. The Balaban J connectivity index is 1.56. The molecule has 0 spiro atoms. The topological polar surface area (TPSA) is 64.6 Å². The molecule has 0 radical (unpaired) electrons. The molecule has 1 aliphatic rings. The standard InChI is InChI=1S/C20H21NO4/c1-14(20(23)21-16-11-12-16)25-19(22)13-24-18-10-6-5-9-17(18)15-7-3-2-4-8-15/h2-10,14,16H,11-13H2,1H3,(H,21,23)/t14-/m0/s1. The zero-order valence-electron chi connectivity index (χ0n) is 14.1. The lowest BCUT2D eigenvalue weighted by Gasteiger charge is -2.14. The Morgan fingerprint density at radius 1 is 1.08 bits per heavy atom. The largest absolute Gasteiger partial charge is 0.481 e. The van der Waals surface area contributed by atoms with Gasteiger partial charge in [0.25, 0.3) is 5.91 Å². The first-order chi connectivity index (χ1) is 12.1. The van der Waals surface area contributed by atoms with Crippen LogP contribution in [0.5, 0.6) is 5.75 Å². The number of rotatable bonds is 7. The Bertz CT molecular complexity index is 740. The van der Waals surface area contributed by atoms with Gasteiger partial charge in [-0.15, -0.1) is 0 Å². The van der Waals surface area contributed by atoms with E-state index in [0.717, 1.165) is 24.0 Å². The highest BCUT2D eigenvalue weighted by Crippen LogP contribution is 2.29. The van der Waals surface area contributed by atoms with Crippen LogP contribution in [0.3, 0.4) is 0 Å². The molecule has 5 nitrogen and oxygen atoms in total. The van der Waals surface area contributed by atoms with Crippen LogP contribution in [0.4, 0.5) is 0 Å². The lowest BCUT2D eigenvalue weighted by Crippen LogP contribution is -2.37. The molecule has 1 fully saturated rings. The van der Waals surface area contributed by atoms with Crippen LogP contribution in [0, 0.1) is 0 Å². The van der Waals surface area contributed by atoms with Crippen molar-refractivity contribution in [2.24, 2.45) is 0 Å². The quantitative estimate of drug-likeness (QED) is 0.788. The highest BCUT2D eigenvalue weighted by molar-refractivity contribution is 5.84. The second-order valence-corrected chi connectivity index (χ2v) is 6.07. The van der Waals surface area contributed by atoms with Gasteiger partial charge in [0.1, 0.15) is 5.75 Å². The highest BCUT2D eigenvalue weighted by Gasteiger charge is 2.27. The van der Waals surface area contributed by atoms with Gasteiger partial charge in [0.05, 0.1) is 0 Å². The summed E-state index contributed by atoms with van der Waals surface area (Å²) in [6.07, 6.45) is 1.17. The minimum Gasteiger partial charge on any atom is -0.481 e. The van der Waals surface area contributed by atoms with Crippen LogP contribution in [0.2, 0.25) is 0 Å². The van der Waals surface area contributed by atoms with Crippen molar-refractivity contribution in [3.8, 4) is 16.9 Å². The molecule has 3 rings (SSSR count). The summed E-state index contributed by atoms with van der Waals surface area (Å²) < 4.78 is 10.8. The van der Waals surface area contributed by atoms with Crippen molar-refractivity contribution in [2.45, 2.75) is 31.9 Å².